The van der Waals surface area contributed by atoms with Gasteiger partial charge in [0.05, 0.1) is 12.7 Å². The van der Waals surface area contributed by atoms with Crippen molar-refractivity contribution in [3.63, 3.8) is 0 Å². The summed E-state index contributed by atoms with van der Waals surface area (Å²) in [5.74, 6) is 0. The summed E-state index contributed by atoms with van der Waals surface area (Å²) in [6.45, 7) is 2.65. The van der Waals surface area contributed by atoms with Crippen LogP contribution < -0.4 is 5.73 Å². The molecular weight excluding hydrogens is 236 g/mol. The molecule has 0 saturated carbocycles. The second kappa shape index (κ2) is 7.02. The van der Waals surface area contributed by atoms with E-state index < -0.39 is 0 Å². The fraction of sp³-hybridized carbons (Fsp3) is 0.312. The van der Waals surface area contributed by atoms with E-state index in [2.05, 4.69) is 24.0 Å². The van der Waals surface area contributed by atoms with E-state index in [1.54, 1.807) is 12.4 Å². The van der Waals surface area contributed by atoms with E-state index in [4.69, 9.17) is 10.5 Å². The average molecular weight is 256 g/mol. The van der Waals surface area contributed by atoms with E-state index in [0.717, 1.165) is 17.5 Å². The van der Waals surface area contributed by atoms with Gasteiger partial charge in [0.2, 0.25) is 0 Å². The molecule has 2 rings (SSSR count). The zero-order valence-electron chi connectivity index (χ0n) is 11.2. The lowest BCUT2D eigenvalue weighted by molar-refractivity contribution is 0.0212. The van der Waals surface area contributed by atoms with Crippen LogP contribution in [-0.4, -0.2) is 11.0 Å². The third-order valence-electron chi connectivity index (χ3n) is 3.17. The highest BCUT2D eigenvalue weighted by Gasteiger charge is 2.19. The summed E-state index contributed by atoms with van der Waals surface area (Å²) in [7, 11) is 0. The van der Waals surface area contributed by atoms with E-state index in [9.17, 15) is 0 Å². The van der Waals surface area contributed by atoms with Crippen LogP contribution in [0.25, 0.3) is 0 Å². The van der Waals surface area contributed by atoms with Crippen LogP contribution in [0.3, 0.4) is 0 Å². The molecule has 1 aromatic heterocycles. The molecule has 0 saturated heterocycles. The Kier molecular flexibility index (Phi) is 5.07. The van der Waals surface area contributed by atoms with Crippen LogP contribution in [0.4, 0.5) is 0 Å². The first-order valence-electron chi connectivity index (χ1n) is 6.62. The predicted molar refractivity (Wildman–Crippen MR) is 76.5 cm³/mol. The van der Waals surface area contributed by atoms with Crippen molar-refractivity contribution >= 4 is 0 Å². The van der Waals surface area contributed by atoms with Crippen molar-refractivity contribution in [2.75, 3.05) is 0 Å². The molecule has 0 aliphatic rings. The summed E-state index contributed by atoms with van der Waals surface area (Å²) >= 11 is 0. The zero-order chi connectivity index (χ0) is 13.5. The van der Waals surface area contributed by atoms with Gasteiger partial charge in [0, 0.05) is 18.4 Å². The molecule has 3 nitrogen and oxygen atoms in total. The molecule has 19 heavy (non-hydrogen) atoms. The maximum atomic E-state index is 6.17. The maximum Gasteiger partial charge on any atom is 0.0981 e. The fourth-order valence-corrected chi connectivity index (χ4v) is 1.99. The van der Waals surface area contributed by atoms with Gasteiger partial charge in [0.1, 0.15) is 0 Å². The van der Waals surface area contributed by atoms with Crippen LogP contribution >= 0.6 is 0 Å². The van der Waals surface area contributed by atoms with Crippen LogP contribution in [0.1, 0.15) is 30.6 Å². The standard InChI is InChI=1S/C16H20N2O/c1-2-15(17)16(14-8-10-18-11-9-14)19-12-13-6-4-3-5-7-13/h3-11,15-16H,2,12,17H2,1H3. The highest BCUT2D eigenvalue weighted by molar-refractivity contribution is 5.17. The van der Waals surface area contributed by atoms with Crippen molar-refractivity contribution in [1.82, 2.24) is 4.98 Å². The number of pyridine rings is 1. The first-order chi connectivity index (χ1) is 9.31. The van der Waals surface area contributed by atoms with E-state index in [1.165, 1.54) is 0 Å². The van der Waals surface area contributed by atoms with Gasteiger partial charge in [0.15, 0.2) is 0 Å². The van der Waals surface area contributed by atoms with Crippen LogP contribution in [0.15, 0.2) is 54.9 Å². The number of benzene rings is 1. The van der Waals surface area contributed by atoms with Crippen molar-refractivity contribution in [3.8, 4) is 0 Å². The molecule has 0 aliphatic heterocycles. The monoisotopic (exact) mass is 256 g/mol. The third kappa shape index (κ3) is 3.88. The minimum atomic E-state index is -0.0896. The molecule has 2 aromatic rings. The van der Waals surface area contributed by atoms with Gasteiger partial charge in [-0.2, -0.15) is 0 Å². The molecule has 2 atom stereocenters. The van der Waals surface area contributed by atoms with Gasteiger partial charge in [0.25, 0.3) is 0 Å². The fourth-order valence-electron chi connectivity index (χ4n) is 1.99. The molecule has 0 radical (unpaired) electrons. The Labute approximate surface area is 114 Å². The smallest absolute Gasteiger partial charge is 0.0981 e. The Bertz CT molecular complexity index is 473. The molecule has 1 heterocycles. The average Bonchev–Trinajstić information content (AvgIpc) is 2.49. The summed E-state index contributed by atoms with van der Waals surface area (Å²) in [6, 6.07) is 14.1. The minimum Gasteiger partial charge on any atom is -0.367 e. The Balaban J connectivity index is 2.07. The SMILES string of the molecule is CCC(N)C(OCc1ccccc1)c1ccncc1. The van der Waals surface area contributed by atoms with Crippen molar-refractivity contribution in [1.29, 1.82) is 0 Å². The molecule has 2 unspecified atom stereocenters. The van der Waals surface area contributed by atoms with Crippen molar-refractivity contribution in [2.24, 2.45) is 5.73 Å². The predicted octanol–water partition coefficient (Wildman–Crippen LogP) is 3.08. The summed E-state index contributed by atoms with van der Waals surface area (Å²) in [6.07, 6.45) is 4.34. The van der Waals surface area contributed by atoms with Crippen molar-refractivity contribution in [2.45, 2.75) is 32.1 Å². The normalized spacial score (nSPS) is 14.0. The molecule has 3 heteroatoms. The molecule has 2 N–H and O–H groups in total. The summed E-state index contributed by atoms with van der Waals surface area (Å²) < 4.78 is 6.01. The van der Waals surface area contributed by atoms with E-state index in [-0.39, 0.29) is 12.1 Å². The molecule has 0 aliphatic carbocycles. The van der Waals surface area contributed by atoms with Gasteiger partial charge >= 0.3 is 0 Å². The van der Waals surface area contributed by atoms with Crippen molar-refractivity contribution in [3.05, 3.63) is 66.0 Å². The van der Waals surface area contributed by atoms with Gasteiger partial charge in [-0.3, -0.25) is 4.98 Å². The number of hydrogen-bond donors (Lipinski definition) is 1. The lowest BCUT2D eigenvalue weighted by Gasteiger charge is -2.23. The van der Waals surface area contributed by atoms with E-state index in [1.807, 2.05) is 30.3 Å². The van der Waals surface area contributed by atoms with Gasteiger partial charge in [-0.25, -0.2) is 0 Å². The topological polar surface area (TPSA) is 48.1 Å². The van der Waals surface area contributed by atoms with Gasteiger partial charge in [-0.15, -0.1) is 0 Å². The number of nitrogens with zero attached hydrogens (tertiary/aromatic N) is 1. The van der Waals surface area contributed by atoms with E-state index in [0.29, 0.717) is 6.61 Å². The second-order valence-electron chi connectivity index (χ2n) is 4.57. The van der Waals surface area contributed by atoms with Crippen LogP contribution in [0, 0.1) is 0 Å². The minimum absolute atomic E-state index is 0.00823. The third-order valence-corrected chi connectivity index (χ3v) is 3.17. The molecule has 0 spiro atoms. The number of rotatable bonds is 6. The molecule has 1 aromatic carbocycles. The van der Waals surface area contributed by atoms with Crippen LogP contribution in [0.2, 0.25) is 0 Å². The van der Waals surface area contributed by atoms with Gasteiger partial charge < -0.3 is 10.5 Å². The van der Waals surface area contributed by atoms with E-state index >= 15 is 0 Å². The number of nitrogens with two attached hydrogens (primary N) is 1. The molecule has 0 bridgehead atoms. The summed E-state index contributed by atoms with van der Waals surface area (Å²) in [4.78, 5) is 4.03. The number of hydrogen-bond acceptors (Lipinski definition) is 3. The van der Waals surface area contributed by atoms with Gasteiger partial charge in [-0.1, -0.05) is 37.3 Å². The highest BCUT2D eigenvalue weighted by Crippen LogP contribution is 2.22. The highest BCUT2D eigenvalue weighted by atomic mass is 16.5. The number of ether oxygens (including phenoxy) is 1. The Morgan fingerprint density at radius 1 is 1.11 bits per heavy atom. The summed E-state index contributed by atoms with van der Waals surface area (Å²) in [5.41, 5.74) is 8.41. The Morgan fingerprint density at radius 3 is 2.42 bits per heavy atom. The quantitative estimate of drug-likeness (QED) is 0.864. The van der Waals surface area contributed by atoms with Crippen LogP contribution in [-0.2, 0) is 11.3 Å². The Morgan fingerprint density at radius 2 is 1.79 bits per heavy atom. The first kappa shape index (κ1) is 13.7. The van der Waals surface area contributed by atoms with Crippen LogP contribution in [0.5, 0.6) is 0 Å². The van der Waals surface area contributed by atoms with Crippen molar-refractivity contribution < 1.29 is 4.74 Å². The molecule has 0 fully saturated rings. The largest absolute Gasteiger partial charge is 0.367 e. The zero-order valence-corrected chi connectivity index (χ0v) is 11.2. The molecule has 100 valence electrons. The maximum absolute atomic E-state index is 6.17. The van der Waals surface area contributed by atoms with Gasteiger partial charge in [-0.05, 0) is 29.7 Å². The lowest BCUT2D eigenvalue weighted by Crippen LogP contribution is -2.29. The second-order valence-corrected chi connectivity index (χ2v) is 4.57. The Hall–Kier alpha value is -1.71. The molecular formula is C16H20N2O. The summed E-state index contributed by atoms with van der Waals surface area (Å²) in [5, 5.41) is 0. The first-order valence-corrected chi connectivity index (χ1v) is 6.62. The molecule has 0 amide bonds. The number of aromatic nitrogens is 1. The lowest BCUT2D eigenvalue weighted by atomic mass is 10.0.